The first-order chi connectivity index (χ1) is 14.6. The van der Waals surface area contributed by atoms with Crippen molar-refractivity contribution in [3.8, 4) is 0 Å². The third kappa shape index (κ3) is 5.90. The standard InChI is InChI=1S/C24H32N4O2/c1-3-25-24(30)19(2)26-22(29)18-27-14-16-28(17-15-27)23(20-10-6-4-7-11-20)21-12-8-5-9-13-21/h4-13,19,23H,3,14-18H2,1-2H3,(H,25,30)(H,26,29)/p+2/t19-/m0/s1. The highest BCUT2D eigenvalue weighted by molar-refractivity contribution is 5.87. The van der Waals surface area contributed by atoms with E-state index in [-0.39, 0.29) is 11.8 Å². The number of carbonyl (C=O) groups excluding carboxylic acids is 2. The van der Waals surface area contributed by atoms with E-state index in [1.807, 2.05) is 6.92 Å². The normalized spacial score (nSPS) is 19.8. The minimum Gasteiger partial charge on any atom is -0.355 e. The van der Waals surface area contributed by atoms with E-state index in [1.54, 1.807) is 6.92 Å². The summed E-state index contributed by atoms with van der Waals surface area (Å²) in [7, 11) is 0. The smallest absolute Gasteiger partial charge is 0.275 e. The quantitative estimate of drug-likeness (QED) is 0.460. The van der Waals surface area contributed by atoms with Gasteiger partial charge < -0.3 is 20.4 Å². The molecule has 4 N–H and O–H groups in total. The van der Waals surface area contributed by atoms with Gasteiger partial charge in [-0.3, -0.25) is 9.59 Å². The molecule has 0 aromatic heterocycles. The van der Waals surface area contributed by atoms with Crippen LogP contribution in [-0.4, -0.2) is 57.1 Å². The summed E-state index contributed by atoms with van der Waals surface area (Å²) in [5, 5.41) is 5.56. The lowest BCUT2D eigenvalue weighted by Crippen LogP contribution is -3.28. The van der Waals surface area contributed by atoms with Crippen LogP contribution in [0.15, 0.2) is 60.7 Å². The number of benzene rings is 2. The predicted octanol–water partition coefficient (Wildman–Crippen LogP) is -0.800. The van der Waals surface area contributed by atoms with Gasteiger partial charge in [-0.2, -0.15) is 0 Å². The van der Waals surface area contributed by atoms with Crippen molar-refractivity contribution >= 4 is 11.8 Å². The number of piperazine rings is 1. The molecule has 160 valence electrons. The highest BCUT2D eigenvalue weighted by Crippen LogP contribution is 2.18. The second-order valence-corrected chi connectivity index (χ2v) is 8.02. The molecule has 1 heterocycles. The molecule has 1 aliphatic rings. The fraction of sp³-hybridized carbons (Fsp3) is 0.417. The third-order valence-electron chi connectivity index (χ3n) is 5.81. The highest BCUT2D eigenvalue weighted by atomic mass is 16.2. The summed E-state index contributed by atoms with van der Waals surface area (Å²) in [6, 6.07) is 21.2. The van der Waals surface area contributed by atoms with Gasteiger partial charge in [-0.05, 0) is 13.8 Å². The van der Waals surface area contributed by atoms with Crippen molar-refractivity contribution in [1.29, 1.82) is 0 Å². The summed E-state index contributed by atoms with van der Waals surface area (Å²) in [5.41, 5.74) is 2.66. The molecule has 0 aliphatic carbocycles. The largest absolute Gasteiger partial charge is 0.355 e. The minimum absolute atomic E-state index is 0.0603. The Kier molecular flexibility index (Phi) is 7.99. The Balaban J connectivity index is 1.58. The average molecular weight is 411 g/mol. The molecule has 1 atom stereocenters. The number of carbonyl (C=O) groups is 2. The maximum absolute atomic E-state index is 12.4. The number of hydrogen-bond acceptors (Lipinski definition) is 2. The van der Waals surface area contributed by atoms with E-state index in [0.29, 0.717) is 19.1 Å². The first-order valence-electron chi connectivity index (χ1n) is 10.9. The van der Waals surface area contributed by atoms with E-state index in [2.05, 4.69) is 71.3 Å². The van der Waals surface area contributed by atoms with Crippen LogP contribution < -0.4 is 20.4 Å². The lowest BCUT2D eigenvalue weighted by molar-refractivity contribution is -1.02. The Morgan fingerprint density at radius 2 is 1.43 bits per heavy atom. The summed E-state index contributed by atoms with van der Waals surface area (Å²) in [4.78, 5) is 27.0. The summed E-state index contributed by atoms with van der Waals surface area (Å²) < 4.78 is 0. The van der Waals surface area contributed by atoms with Gasteiger partial charge in [0.1, 0.15) is 38.3 Å². The Morgan fingerprint density at radius 3 is 1.93 bits per heavy atom. The SMILES string of the molecule is CCNC(=O)[C@H](C)NC(=O)C[NH+]1CC[NH+](C(c2ccccc2)c2ccccc2)CC1. The van der Waals surface area contributed by atoms with E-state index in [1.165, 1.54) is 20.9 Å². The van der Waals surface area contributed by atoms with Crippen LogP contribution >= 0.6 is 0 Å². The van der Waals surface area contributed by atoms with Crippen molar-refractivity contribution in [1.82, 2.24) is 10.6 Å². The molecule has 3 rings (SSSR count). The fourth-order valence-electron chi connectivity index (χ4n) is 4.26. The zero-order chi connectivity index (χ0) is 21.3. The molecule has 30 heavy (non-hydrogen) atoms. The van der Waals surface area contributed by atoms with Gasteiger partial charge in [0.2, 0.25) is 5.91 Å². The van der Waals surface area contributed by atoms with Crippen LogP contribution in [0.5, 0.6) is 0 Å². The molecular weight excluding hydrogens is 376 g/mol. The third-order valence-corrected chi connectivity index (χ3v) is 5.81. The van der Waals surface area contributed by atoms with Crippen LogP contribution in [0.1, 0.15) is 31.0 Å². The zero-order valence-corrected chi connectivity index (χ0v) is 18.0. The number of likely N-dealkylation sites (N-methyl/N-ethyl adjacent to an activating group) is 1. The van der Waals surface area contributed by atoms with Gasteiger partial charge in [0.05, 0.1) is 0 Å². The van der Waals surface area contributed by atoms with Crippen molar-refractivity contribution in [2.45, 2.75) is 25.9 Å². The number of nitrogens with one attached hydrogen (secondary N) is 4. The van der Waals surface area contributed by atoms with Crippen LogP contribution in [0.3, 0.4) is 0 Å². The van der Waals surface area contributed by atoms with Crippen molar-refractivity contribution < 1.29 is 19.4 Å². The maximum Gasteiger partial charge on any atom is 0.275 e. The van der Waals surface area contributed by atoms with E-state index in [9.17, 15) is 9.59 Å². The minimum atomic E-state index is -0.496. The zero-order valence-electron chi connectivity index (χ0n) is 18.0. The first-order valence-corrected chi connectivity index (χ1v) is 10.9. The summed E-state index contributed by atoms with van der Waals surface area (Å²) in [6.45, 7) is 8.47. The molecule has 6 nitrogen and oxygen atoms in total. The Hall–Kier alpha value is -2.70. The number of quaternary nitrogens is 2. The van der Waals surface area contributed by atoms with Crippen molar-refractivity contribution in [3.05, 3.63) is 71.8 Å². The van der Waals surface area contributed by atoms with Crippen LogP contribution in [0.4, 0.5) is 0 Å². The van der Waals surface area contributed by atoms with Crippen LogP contribution in [-0.2, 0) is 9.59 Å². The molecule has 0 bridgehead atoms. The molecule has 2 aromatic rings. The highest BCUT2D eigenvalue weighted by Gasteiger charge is 2.32. The topological polar surface area (TPSA) is 67.1 Å². The predicted molar refractivity (Wildman–Crippen MR) is 117 cm³/mol. The number of rotatable bonds is 8. The van der Waals surface area contributed by atoms with Gasteiger partial charge in [0.15, 0.2) is 6.54 Å². The fourth-order valence-corrected chi connectivity index (χ4v) is 4.26. The molecule has 0 spiro atoms. The lowest BCUT2D eigenvalue weighted by atomic mass is 9.96. The molecule has 1 fully saturated rings. The Morgan fingerprint density at radius 1 is 0.900 bits per heavy atom. The summed E-state index contributed by atoms with van der Waals surface area (Å²) in [6.07, 6.45) is 0. The Labute approximate surface area is 179 Å². The van der Waals surface area contributed by atoms with Gasteiger partial charge in [-0.1, -0.05) is 60.7 Å². The van der Waals surface area contributed by atoms with Gasteiger partial charge >= 0.3 is 0 Å². The number of hydrogen-bond donors (Lipinski definition) is 4. The molecule has 2 aromatic carbocycles. The molecule has 2 amide bonds. The van der Waals surface area contributed by atoms with Crippen molar-refractivity contribution in [2.75, 3.05) is 39.3 Å². The Bertz CT molecular complexity index is 765. The second kappa shape index (κ2) is 10.9. The lowest BCUT2D eigenvalue weighted by Gasteiger charge is -2.35. The first kappa shape index (κ1) is 22.0. The van der Waals surface area contributed by atoms with Crippen molar-refractivity contribution in [3.63, 3.8) is 0 Å². The monoisotopic (exact) mass is 410 g/mol. The summed E-state index contributed by atoms with van der Waals surface area (Å²) in [5.74, 6) is -0.196. The van der Waals surface area contributed by atoms with Gasteiger partial charge in [0.25, 0.3) is 5.91 Å². The van der Waals surface area contributed by atoms with Crippen LogP contribution in [0.25, 0.3) is 0 Å². The summed E-state index contributed by atoms with van der Waals surface area (Å²) >= 11 is 0. The van der Waals surface area contributed by atoms with E-state index in [0.717, 1.165) is 26.2 Å². The van der Waals surface area contributed by atoms with Gasteiger partial charge in [0, 0.05) is 17.7 Å². The number of amides is 2. The molecule has 0 unspecified atom stereocenters. The van der Waals surface area contributed by atoms with Crippen molar-refractivity contribution in [2.24, 2.45) is 0 Å². The molecule has 1 aliphatic heterocycles. The molecule has 0 radical (unpaired) electrons. The van der Waals surface area contributed by atoms with E-state index >= 15 is 0 Å². The second-order valence-electron chi connectivity index (χ2n) is 8.02. The molecule has 6 heteroatoms. The van der Waals surface area contributed by atoms with Gasteiger partial charge in [-0.15, -0.1) is 0 Å². The maximum atomic E-state index is 12.4. The molecular formula is C24H34N4O2+2. The van der Waals surface area contributed by atoms with E-state index in [4.69, 9.17) is 0 Å². The van der Waals surface area contributed by atoms with Gasteiger partial charge in [-0.25, -0.2) is 0 Å². The van der Waals surface area contributed by atoms with Crippen LogP contribution in [0.2, 0.25) is 0 Å². The van der Waals surface area contributed by atoms with Crippen LogP contribution in [0, 0.1) is 0 Å². The van der Waals surface area contributed by atoms with E-state index < -0.39 is 6.04 Å². The average Bonchev–Trinajstić information content (AvgIpc) is 2.77. The molecule has 1 saturated heterocycles. The molecule has 0 saturated carbocycles.